The fourth-order valence-corrected chi connectivity index (χ4v) is 4.70. The molecule has 0 aromatic heterocycles. The average molecular weight is 399 g/mol. The van der Waals surface area contributed by atoms with Gasteiger partial charge in [-0.2, -0.15) is 0 Å². The molecule has 0 bridgehead atoms. The molecular formula is C18H25NO7S. The van der Waals surface area contributed by atoms with E-state index in [1.807, 2.05) is 13.8 Å². The van der Waals surface area contributed by atoms with Crippen molar-refractivity contribution in [2.45, 2.75) is 26.3 Å². The molecule has 0 aliphatic carbocycles. The zero-order chi connectivity index (χ0) is 20.2. The molecule has 0 spiro atoms. The maximum absolute atomic E-state index is 12.6. The number of aromatic hydroxyl groups is 1. The zero-order valence-electron chi connectivity index (χ0n) is 15.7. The summed E-state index contributed by atoms with van der Waals surface area (Å²) in [6.45, 7) is 3.70. The van der Waals surface area contributed by atoms with Crippen LogP contribution in [0.4, 0.5) is 0 Å². The van der Waals surface area contributed by atoms with E-state index >= 15 is 0 Å². The Balaban J connectivity index is 2.03. The molecule has 0 unspecified atom stereocenters. The molecule has 1 aliphatic rings. The van der Waals surface area contributed by atoms with Crippen molar-refractivity contribution in [2.24, 2.45) is 5.92 Å². The van der Waals surface area contributed by atoms with Crippen LogP contribution in [-0.4, -0.2) is 68.1 Å². The molecule has 1 saturated heterocycles. The number of benzene rings is 1. The molecule has 8 nitrogen and oxygen atoms in total. The first kappa shape index (κ1) is 21.0. The fraction of sp³-hybridized carbons (Fsp3) is 0.556. The molecule has 0 radical (unpaired) electrons. The zero-order valence-corrected chi connectivity index (χ0v) is 16.5. The number of sulfone groups is 1. The first-order valence-electron chi connectivity index (χ1n) is 8.67. The summed E-state index contributed by atoms with van der Waals surface area (Å²) in [6, 6.07) is 3.70. The molecule has 1 amide bonds. The SMILES string of the molecule is COc1ccc(C(=O)OCC(=O)N(CC(C)C)[C@@H]2CCS(=O)(=O)C2)c(O)c1. The van der Waals surface area contributed by atoms with Crippen LogP contribution in [0.15, 0.2) is 18.2 Å². The number of carbonyl (C=O) groups excluding carboxylic acids is 2. The fourth-order valence-electron chi connectivity index (χ4n) is 2.97. The van der Waals surface area contributed by atoms with Crippen LogP contribution >= 0.6 is 0 Å². The van der Waals surface area contributed by atoms with Crippen LogP contribution in [0.2, 0.25) is 0 Å². The monoisotopic (exact) mass is 399 g/mol. The van der Waals surface area contributed by atoms with Gasteiger partial charge in [0, 0.05) is 18.7 Å². The van der Waals surface area contributed by atoms with Gasteiger partial charge in [0.1, 0.15) is 17.1 Å². The van der Waals surface area contributed by atoms with Gasteiger partial charge in [0.2, 0.25) is 0 Å². The van der Waals surface area contributed by atoms with Crippen molar-refractivity contribution < 1.29 is 32.6 Å². The van der Waals surface area contributed by atoms with E-state index < -0.39 is 34.4 Å². The summed E-state index contributed by atoms with van der Waals surface area (Å²) in [5.41, 5.74) is -0.0811. The quantitative estimate of drug-likeness (QED) is 0.687. The molecule has 2 rings (SSSR count). The minimum atomic E-state index is -3.14. The molecule has 9 heteroatoms. The molecule has 1 aromatic rings. The van der Waals surface area contributed by atoms with E-state index in [0.29, 0.717) is 18.7 Å². The second-order valence-corrected chi connectivity index (χ2v) is 9.18. The van der Waals surface area contributed by atoms with E-state index in [0.717, 1.165) is 0 Å². The van der Waals surface area contributed by atoms with Gasteiger partial charge < -0.3 is 19.5 Å². The number of hydrogen-bond donors (Lipinski definition) is 1. The van der Waals surface area contributed by atoms with Crippen molar-refractivity contribution in [3.63, 3.8) is 0 Å². The molecule has 1 fully saturated rings. The van der Waals surface area contributed by atoms with E-state index in [1.165, 1.54) is 30.2 Å². The summed E-state index contributed by atoms with van der Waals surface area (Å²) in [5.74, 6) is -1.10. The number of amides is 1. The molecule has 0 saturated carbocycles. The van der Waals surface area contributed by atoms with E-state index in [9.17, 15) is 23.1 Å². The van der Waals surface area contributed by atoms with Crippen molar-refractivity contribution in [1.82, 2.24) is 4.90 Å². The smallest absolute Gasteiger partial charge is 0.342 e. The van der Waals surface area contributed by atoms with E-state index in [-0.39, 0.29) is 28.7 Å². The van der Waals surface area contributed by atoms with Gasteiger partial charge in [-0.05, 0) is 24.5 Å². The molecule has 1 aromatic carbocycles. The maximum Gasteiger partial charge on any atom is 0.342 e. The lowest BCUT2D eigenvalue weighted by Gasteiger charge is -2.29. The predicted molar refractivity (Wildman–Crippen MR) is 98.6 cm³/mol. The largest absolute Gasteiger partial charge is 0.507 e. The van der Waals surface area contributed by atoms with Gasteiger partial charge in [-0.1, -0.05) is 13.8 Å². The van der Waals surface area contributed by atoms with Crippen LogP contribution in [0.1, 0.15) is 30.6 Å². The third kappa shape index (κ3) is 5.59. The summed E-state index contributed by atoms with van der Waals surface area (Å²) in [5, 5.41) is 9.87. The first-order valence-corrected chi connectivity index (χ1v) is 10.5. The molecular weight excluding hydrogens is 374 g/mol. The van der Waals surface area contributed by atoms with Crippen LogP contribution in [0.5, 0.6) is 11.5 Å². The molecule has 1 heterocycles. The minimum Gasteiger partial charge on any atom is -0.507 e. The van der Waals surface area contributed by atoms with Gasteiger partial charge in [0.25, 0.3) is 5.91 Å². The van der Waals surface area contributed by atoms with Gasteiger partial charge in [-0.15, -0.1) is 0 Å². The predicted octanol–water partition coefficient (Wildman–Crippen LogP) is 1.23. The number of rotatable bonds is 7. The Labute approximate surface area is 159 Å². The molecule has 150 valence electrons. The van der Waals surface area contributed by atoms with E-state index in [2.05, 4.69) is 0 Å². The normalized spacial score (nSPS) is 18.3. The number of phenolic OH excluding ortho intramolecular Hbond substituents is 1. The van der Waals surface area contributed by atoms with Crippen LogP contribution < -0.4 is 4.74 Å². The Kier molecular flexibility index (Phi) is 6.69. The van der Waals surface area contributed by atoms with Gasteiger partial charge >= 0.3 is 5.97 Å². The van der Waals surface area contributed by atoms with Crippen LogP contribution in [0.3, 0.4) is 0 Å². The van der Waals surface area contributed by atoms with Gasteiger partial charge in [-0.3, -0.25) is 4.79 Å². The number of methoxy groups -OCH3 is 1. The number of carbonyl (C=O) groups is 2. The topological polar surface area (TPSA) is 110 Å². The highest BCUT2D eigenvalue weighted by atomic mass is 32.2. The summed E-state index contributed by atoms with van der Waals surface area (Å²) < 4.78 is 33.5. The van der Waals surface area contributed by atoms with E-state index in [4.69, 9.17) is 9.47 Å². The van der Waals surface area contributed by atoms with Gasteiger partial charge in [0.05, 0.1) is 18.6 Å². The Morgan fingerprint density at radius 2 is 2.04 bits per heavy atom. The van der Waals surface area contributed by atoms with Crippen LogP contribution in [0.25, 0.3) is 0 Å². The molecule has 27 heavy (non-hydrogen) atoms. The Morgan fingerprint density at radius 1 is 1.33 bits per heavy atom. The minimum absolute atomic E-state index is 0.0546. The standard InChI is InChI=1S/C18H25NO7S/c1-12(2)9-19(13-6-7-27(23,24)11-13)17(21)10-26-18(22)15-5-4-14(25-3)8-16(15)20/h4-5,8,12-13,20H,6-7,9-11H2,1-3H3/t13-/m1/s1. The number of nitrogens with zero attached hydrogens (tertiary/aromatic N) is 1. The second kappa shape index (κ2) is 8.60. The third-order valence-electron chi connectivity index (χ3n) is 4.28. The molecule has 1 atom stereocenters. The van der Waals surface area contributed by atoms with Crippen molar-refractivity contribution in [3.05, 3.63) is 23.8 Å². The van der Waals surface area contributed by atoms with Gasteiger partial charge in [-0.25, -0.2) is 13.2 Å². The first-order chi connectivity index (χ1) is 12.6. The van der Waals surface area contributed by atoms with Crippen LogP contribution in [0, 0.1) is 5.92 Å². The highest BCUT2D eigenvalue weighted by molar-refractivity contribution is 7.91. The van der Waals surface area contributed by atoms with Crippen LogP contribution in [-0.2, 0) is 19.4 Å². The van der Waals surface area contributed by atoms with Crippen molar-refractivity contribution in [3.8, 4) is 11.5 Å². The Hall–Kier alpha value is -2.29. The highest BCUT2D eigenvalue weighted by Crippen LogP contribution is 2.24. The van der Waals surface area contributed by atoms with Crippen molar-refractivity contribution in [2.75, 3.05) is 31.8 Å². The highest BCUT2D eigenvalue weighted by Gasteiger charge is 2.35. The third-order valence-corrected chi connectivity index (χ3v) is 6.03. The Bertz CT molecular complexity index is 804. The Morgan fingerprint density at radius 3 is 2.56 bits per heavy atom. The second-order valence-electron chi connectivity index (χ2n) is 6.96. The van der Waals surface area contributed by atoms with Crippen molar-refractivity contribution in [1.29, 1.82) is 0 Å². The lowest BCUT2D eigenvalue weighted by molar-refractivity contribution is -0.137. The lowest BCUT2D eigenvalue weighted by Crippen LogP contribution is -2.45. The number of hydrogen-bond acceptors (Lipinski definition) is 7. The molecule has 1 N–H and O–H groups in total. The van der Waals surface area contributed by atoms with E-state index in [1.54, 1.807) is 0 Å². The van der Waals surface area contributed by atoms with Gasteiger partial charge in [0.15, 0.2) is 16.4 Å². The average Bonchev–Trinajstić information content (AvgIpc) is 2.96. The van der Waals surface area contributed by atoms with Crippen molar-refractivity contribution >= 4 is 21.7 Å². The number of esters is 1. The summed E-state index contributed by atoms with van der Waals surface area (Å²) in [4.78, 5) is 26.2. The molecule has 1 aliphatic heterocycles. The maximum atomic E-state index is 12.6. The lowest BCUT2D eigenvalue weighted by atomic mass is 10.1. The number of ether oxygens (including phenoxy) is 2. The summed E-state index contributed by atoms with van der Waals surface area (Å²) >= 11 is 0. The summed E-state index contributed by atoms with van der Waals surface area (Å²) in [6.07, 6.45) is 0.383. The summed E-state index contributed by atoms with van der Waals surface area (Å²) in [7, 11) is -1.71. The number of phenols is 1.